The number of carbonyl (C=O) groups is 1. The molecule has 22 heavy (non-hydrogen) atoms. The number of likely N-dealkylation sites (tertiary alicyclic amines) is 1. The van der Waals surface area contributed by atoms with E-state index in [1.807, 2.05) is 39.0 Å². The molecule has 2 unspecified atom stereocenters. The predicted molar refractivity (Wildman–Crippen MR) is 88.5 cm³/mol. The van der Waals surface area contributed by atoms with Crippen molar-refractivity contribution >= 4 is 6.09 Å². The molecule has 2 N–H and O–H groups in total. The standard InChI is InChI=1S/C18H28N2O2/c1-13(14-9-6-5-7-10-14)15-11-8-12-20(16(15)19)17(21)22-18(2,3)4/h5-7,9-10,13,15-16H,8,11-12,19H2,1-4H3/t13-,15?,16?/m0/s1. The fourth-order valence-corrected chi connectivity index (χ4v) is 3.13. The van der Waals surface area contributed by atoms with Gasteiger partial charge in [0.05, 0.1) is 6.17 Å². The number of hydrogen-bond acceptors (Lipinski definition) is 3. The fourth-order valence-electron chi connectivity index (χ4n) is 3.13. The molecule has 1 aromatic rings. The van der Waals surface area contributed by atoms with E-state index >= 15 is 0 Å². The van der Waals surface area contributed by atoms with Crippen molar-refractivity contribution in [2.75, 3.05) is 6.54 Å². The molecule has 0 radical (unpaired) electrons. The number of amides is 1. The van der Waals surface area contributed by atoms with E-state index in [-0.39, 0.29) is 18.2 Å². The van der Waals surface area contributed by atoms with Gasteiger partial charge in [-0.25, -0.2) is 4.79 Å². The van der Waals surface area contributed by atoms with Gasteiger partial charge in [0, 0.05) is 6.54 Å². The molecule has 4 heteroatoms. The van der Waals surface area contributed by atoms with Crippen LogP contribution in [0.4, 0.5) is 4.79 Å². The van der Waals surface area contributed by atoms with Gasteiger partial charge < -0.3 is 10.5 Å². The van der Waals surface area contributed by atoms with Gasteiger partial charge in [-0.2, -0.15) is 0 Å². The van der Waals surface area contributed by atoms with Crippen molar-refractivity contribution < 1.29 is 9.53 Å². The second-order valence-electron chi connectivity index (χ2n) is 7.17. The maximum atomic E-state index is 12.4. The minimum Gasteiger partial charge on any atom is -0.444 e. The molecule has 1 aliphatic rings. The summed E-state index contributed by atoms with van der Waals surface area (Å²) in [6, 6.07) is 10.4. The Bertz CT molecular complexity index is 496. The summed E-state index contributed by atoms with van der Waals surface area (Å²) in [4.78, 5) is 14.0. The van der Waals surface area contributed by atoms with Crippen LogP contribution in [0.25, 0.3) is 0 Å². The van der Waals surface area contributed by atoms with Gasteiger partial charge in [-0.15, -0.1) is 0 Å². The maximum Gasteiger partial charge on any atom is 0.411 e. The highest BCUT2D eigenvalue weighted by Gasteiger charge is 2.37. The summed E-state index contributed by atoms with van der Waals surface area (Å²) in [5.41, 5.74) is 7.19. The lowest BCUT2D eigenvalue weighted by molar-refractivity contribution is -0.00121. The molecule has 1 heterocycles. The van der Waals surface area contributed by atoms with Crippen LogP contribution in [0.3, 0.4) is 0 Å². The third-order valence-electron chi connectivity index (χ3n) is 4.33. The second-order valence-corrected chi connectivity index (χ2v) is 7.17. The topological polar surface area (TPSA) is 55.6 Å². The molecule has 3 atom stereocenters. The number of hydrogen-bond donors (Lipinski definition) is 1. The highest BCUT2D eigenvalue weighted by Crippen LogP contribution is 2.34. The lowest BCUT2D eigenvalue weighted by Gasteiger charge is -2.42. The first-order valence-electron chi connectivity index (χ1n) is 8.10. The number of ether oxygens (including phenoxy) is 1. The number of piperidine rings is 1. The van der Waals surface area contributed by atoms with Gasteiger partial charge in [0.15, 0.2) is 0 Å². The summed E-state index contributed by atoms with van der Waals surface area (Å²) in [6.07, 6.45) is 1.41. The van der Waals surface area contributed by atoms with Crippen LogP contribution >= 0.6 is 0 Å². The zero-order valence-corrected chi connectivity index (χ0v) is 14.1. The number of benzene rings is 1. The summed E-state index contributed by atoms with van der Waals surface area (Å²) in [6.45, 7) is 8.51. The van der Waals surface area contributed by atoms with Crippen molar-refractivity contribution in [2.45, 2.75) is 58.2 Å². The number of rotatable bonds is 2. The molecule has 1 fully saturated rings. The third-order valence-corrected chi connectivity index (χ3v) is 4.33. The first-order chi connectivity index (χ1) is 10.3. The SMILES string of the molecule is C[C@@H](c1ccccc1)C1CCCN(C(=O)OC(C)(C)C)C1N. The van der Waals surface area contributed by atoms with Crippen molar-refractivity contribution in [1.82, 2.24) is 4.90 Å². The highest BCUT2D eigenvalue weighted by atomic mass is 16.6. The summed E-state index contributed by atoms with van der Waals surface area (Å²) in [5, 5.41) is 0. The van der Waals surface area contributed by atoms with Crippen LogP contribution in [0.1, 0.15) is 52.0 Å². The molecule has 4 nitrogen and oxygen atoms in total. The van der Waals surface area contributed by atoms with E-state index in [4.69, 9.17) is 10.5 Å². The van der Waals surface area contributed by atoms with Crippen LogP contribution in [0.15, 0.2) is 30.3 Å². The lowest BCUT2D eigenvalue weighted by atomic mass is 9.80. The minimum atomic E-state index is -0.491. The average Bonchev–Trinajstić information content (AvgIpc) is 2.46. The molecule has 0 aliphatic carbocycles. The van der Waals surface area contributed by atoms with Gasteiger partial charge in [-0.05, 0) is 51.0 Å². The zero-order valence-electron chi connectivity index (χ0n) is 14.1. The molecule has 122 valence electrons. The zero-order chi connectivity index (χ0) is 16.3. The Kier molecular flexibility index (Phi) is 5.12. The number of nitrogens with two attached hydrogens (primary N) is 1. The molecular formula is C18H28N2O2. The monoisotopic (exact) mass is 304 g/mol. The second kappa shape index (κ2) is 6.69. The Morgan fingerprint density at radius 3 is 2.55 bits per heavy atom. The normalized spacial score (nSPS) is 24.0. The Balaban J connectivity index is 2.10. The Morgan fingerprint density at radius 1 is 1.32 bits per heavy atom. The van der Waals surface area contributed by atoms with Crippen molar-refractivity contribution in [2.24, 2.45) is 11.7 Å². The molecule has 1 amide bonds. The van der Waals surface area contributed by atoms with E-state index in [1.54, 1.807) is 4.90 Å². The van der Waals surface area contributed by atoms with Gasteiger partial charge >= 0.3 is 6.09 Å². The molecule has 0 bridgehead atoms. The van der Waals surface area contributed by atoms with Crippen LogP contribution in [-0.2, 0) is 4.74 Å². The maximum absolute atomic E-state index is 12.4. The van der Waals surface area contributed by atoms with Gasteiger partial charge in [0.25, 0.3) is 0 Å². The number of nitrogens with zero attached hydrogens (tertiary/aromatic N) is 1. The summed E-state index contributed by atoms with van der Waals surface area (Å²) >= 11 is 0. The minimum absolute atomic E-state index is 0.253. The van der Waals surface area contributed by atoms with E-state index in [1.165, 1.54) is 5.56 Å². The molecular weight excluding hydrogens is 276 g/mol. The first-order valence-corrected chi connectivity index (χ1v) is 8.10. The van der Waals surface area contributed by atoms with E-state index in [2.05, 4.69) is 19.1 Å². The van der Waals surface area contributed by atoms with E-state index in [0.717, 1.165) is 12.8 Å². The molecule has 0 aromatic heterocycles. The van der Waals surface area contributed by atoms with Crippen LogP contribution in [0.5, 0.6) is 0 Å². The van der Waals surface area contributed by atoms with E-state index < -0.39 is 5.60 Å². The predicted octanol–water partition coefficient (Wildman–Crippen LogP) is 3.72. The molecule has 1 aliphatic heterocycles. The van der Waals surface area contributed by atoms with Crippen LogP contribution < -0.4 is 5.73 Å². The molecule has 0 saturated carbocycles. The molecule has 1 saturated heterocycles. The van der Waals surface area contributed by atoms with Crippen molar-refractivity contribution in [3.05, 3.63) is 35.9 Å². The van der Waals surface area contributed by atoms with Crippen LogP contribution in [0, 0.1) is 5.92 Å². The average molecular weight is 304 g/mol. The summed E-state index contributed by atoms with van der Waals surface area (Å²) in [5.74, 6) is 0.574. The summed E-state index contributed by atoms with van der Waals surface area (Å²) in [7, 11) is 0. The van der Waals surface area contributed by atoms with Gasteiger partial charge in [-0.3, -0.25) is 4.90 Å². The van der Waals surface area contributed by atoms with Crippen LogP contribution in [0.2, 0.25) is 0 Å². The fraction of sp³-hybridized carbons (Fsp3) is 0.611. The van der Waals surface area contributed by atoms with Crippen LogP contribution in [-0.4, -0.2) is 29.3 Å². The summed E-state index contributed by atoms with van der Waals surface area (Å²) < 4.78 is 5.49. The van der Waals surface area contributed by atoms with Gasteiger partial charge in [0.2, 0.25) is 0 Å². The van der Waals surface area contributed by atoms with Gasteiger partial charge in [0.1, 0.15) is 5.60 Å². The van der Waals surface area contributed by atoms with Crippen molar-refractivity contribution in [3.63, 3.8) is 0 Å². The third kappa shape index (κ3) is 4.01. The quantitative estimate of drug-likeness (QED) is 0.906. The smallest absolute Gasteiger partial charge is 0.411 e. The Morgan fingerprint density at radius 2 is 1.95 bits per heavy atom. The van der Waals surface area contributed by atoms with Crippen molar-refractivity contribution in [3.8, 4) is 0 Å². The molecule has 2 rings (SSSR count). The van der Waals surface area contributed by atoms with E-state index in [9.17, 15) is 4.79 Å². The van der Waals surface area contributed by atoms with Gasteiger partial charge in [-0.1, -0.05) is 37.3 Å². The first kappa shape index (κ1) is 16.8. The van der Waals surface area contributed by atoms with E-state index in [0.29, 0.717) is 12.5 Å². The number of carbonyl (C=O) groups excluding carboxylic acids is 1. The largest absolute Gasteiger partial charge is 0.444 e. The lowest BCUT2D eigenvalue weighted by Crippen LogP contribution is -2.55. The highest BCUT2D eigenvalue weighted by molar-refractivity contribution is 5.68. The van der Waals surface area contributed by atoms with Crippen molar-refractivity contribution in [1.29, 1.82) is 0 Å². The Labute approximate surface area is 133 Å². The molecule has 0 spiro atoms. The Hall–Kier alpha value is -1.55. The molecule has 1 aromatic carbocycles.